The number of piperidine rings is 1. The number of hydroxylamine groups is 1. The van der Waals surface area contributed by atoms with Gasteiger partial charge in [0.15, 0.2) is 0 Å². The minimum atomic E-state index is -0.608. The van der Waals surface area contributed by atoms with Crippen molar-refractivity contribution in [2.24, 2.45) is 5.73 Å². The van der Waals surface area contributed by atoms with Crippen LogP contribution in [0.5, 0.6) is 5.75 Å². The maximum Gasteiger partial charge on any atom is 0.243 e. The van der Waals surface area contributed by atoms with Gasteiger partial charge in [-0.3, -0.25) is 10.0 Å². The molecule has 2 heterocycles. The molecule has 1 saturated heterocycles. The lowest BCUT2D eigenvalue weighted by Gasteiger charge is -2.32. The molecule has 10 heteroatoms. The number of hydrogen-bond donors (Lipinski definition) is 3. The number of anilines is 1. The Balaban J connectivity index is 1.70. The van der Waals surface area contributed by atoms with Crippen LogP contribution in [0, 0.1) is 12.4 Å². The number of aromatic nitrogens is 1. The molecular formula is C30H33ClFN5O3. The van der Waals surface area contributed by atoms with Gasteiger partial charge in [0, 0.05) is 42.2 Å². The van der Waals surface area contributed by atoms with Crippen molar-refractivity contribution < 1.29 is 19.1 Å². The van der Waals surface area contributed by atoms with Crippen LogP contribution >= 0.6 is 11.6 Å². The third kappa shape index (κ3) is 7.48. The summed E-state index contributed by atoms with van der Waals surface area (Å²) < 4.78 is 21.2. The highest BCUT2D eigenvalue weighted by Gasteiger charge is 2.23. The van der Waals surface area contributed by atoms with Gasteiger partial charge in [-0.1, -0.05) is 48.7 Å². The fraction of sp³-hybridized carbons (Fsp3) is 0.367. The van der Waals surface area contributed by atoms with E-state index in [1.807, 2.05) is 18.2 Å². The van der Waals surface area contributed by atoms with Crippen LogP contribution in [-0.2, 0) is 4.79 Å². The first-order chi connectivity index (χ1) is 19.4. The average Bonchev–Trinajstić information content (AvgIpc) is 2.97. The Labute approximate surface area is 238 Å². The summed E-state index contributed by atoms with van der Waals surface area (Å²) in [6.45, 7) is 9.17. The molecule has 2 aromatic carbocycles. The molecule has 40 heavy (non-hydrogen) atoms. The smallest absolute Gasteiger partial charge is 0.243 e. The third-order valence-electron chi connectivity index (χ3n) is 6.99. The van der Waals surface area contributed by atoms with E-state index in [4.69, 9.17) is 38.8 Å². The van der Waals surface area contributed by atoms with E-state index < -0.39 is 5.82 Å². The van der Waals surface area contributed by atoms with Crippen molar-refractivity contribution in [3.05, 3.63) is 70.8 Å². The van der Waals surface area contributed by atoms with Crippen LogP contribution in [0.2, 0.25) is 5.02 Å². The Morgan fingerprint density at radius 1 is 1.12 bits per heavy atom. The van der Waals surface area contributed by atoms with Crippen LogP contribution in [-0.4, -0.2) is 41.8 Å². The average molecular weight is 566 g/mol. The summed E-state index contributed by atoms with van der Waals surface area (Å²) in [7, 11) is 0. The van der Waals surface area contributed by atoms with Crippen LogP contribution in [0.3, 0.4) is 0 Å². The van der Waals surface area contributed by atoms with Gasteiger partial charge in [0.05, 0.1) is 24.4 Å². The molecule has 1 aromatic heterocycles. The fourth-order valence-corrected chi connectivity index (χ4v) is 4.87. The molecule has 0 atom stereocenters. The van der Waals surface area contributed by atoms with E-state index in [0.29, 0.717) is 40.6 Å². The van der Waals surface area contributed by atoms with Crippen molar-refractivity contribution in [1.29, 1.82) is 0 Å². The number of nitrogens with zero attached hydrogens (tertiary/aromatic N) is 3. The van der Waals surface area contributed by atoms with Gasteiger partial charge in [-0.25, -0.2) is 19.7 Å². The zero-order valence-electron chi connectivity index (χ0n) is 22.2. The summed E-state index contributed by atoms with van der Waals surface area (Å²) in [6, 6.07) is 13.9. The minimum Gasteiger partial charge on any atom is -0.493 e. The Morgan fingerprint density at radius 2 is 1.82 bits per heavy atom. The molecule has 3 aromatic rings. The first kappa shape index (κ1) is 29.3. The molecule has 1 amide bonds. The van der Waals surface area contributed by atoms with Crippen molar-refractivity contribution in [3.8, 4) is 28.1 Å². The molecule has 0 saturated carbocycles. The van der Waals surface area contributed by atoms with Gasteiger partial charge in [0.1, 0.15) is 17.4 Å². The molecule has 4 rings (SSSR count). The number of rotatable bonds is 11. The second-order valence-electron chi connectivity index (χ2n) is 9.86. The maximum atomic E-state index is 14.8. The standard InChI is InChI=1S/C30H33ClFN5O3/c1-34-25-12-9-21(18-24(25)32)30-29(20-7-10-22(31)11-8-20)26(40-17-5-3-2-4-6-28(38)36-39)19-27(35-30)37-15-13-23(33)14-16-37/h7-12,18-19,23,39H,2-6,13-17,33H2,(H,36,38). The molecule has 210 valence electrons. The van der Waals surface area contributed by atoms with Crippen molar-refractivity contribution >= 4 is 29.0 Å². The zero-order chi connectivity index (χ0) is 28.5. The molecule has 1 aliphatic rings. The second kappa shape index (κ2) is 14.1. The summed E-state index contributed by atoms with van der Waals surface area (Å²) in [5.74, 6) is 0.342. The highest BCUT2D eigenvalue weighted by molar-refractivity contribution is 6.30. The summed E-state index contributed by atoms with van der Waals surface area (Å²) >= 11 is 6.18. The molecule has 0 spiro atoms. The zero-order valence-corrected chi connectivity index (χ0v) is 23.0. The van der Waals surface area contributed by atoms with Crippen molar-refractivity contribution in [3.63, 3.8) is 0 Å². The topological polar surface area (TPSA) is 105 Å². The van der Waals surface area contributed by atoms with Crippen molar-refractivity contribution in [2.45, 2.75) is 51.0 Å². The number of pyridine rings is 1. The number of hydrogen-bond acceptors (Lipinski definition) is 6. The monoisotopic (exact) mass is 565 g/mol. The highest BCUT2D eigenvalue weighted by Crippen LogP contribution is 2.42. The van der Waals surface area contributed by atoms with E-state index in [2.05, 4.69) is 9.74 Å². The van der Waals surface area contributed by atoms with E-state index in [9.17, 15) is 9.18 Å². The third-order valence-corrected chi connectivity index (χ3v) is 7.24. The fourth-order valence-electron chi connectivity index (χ4n) is 4.74. The van der Waals surface area contributed by atoms with Gasteiger partial charge < -0.3 is 15.4 Å². The molecule has 0 unspecified atom stereocenters. The first-order valence-corrected chi connectivity index (χ1v) is 13.8. The molecule has 1 fully saturated rings. The lowest BCUT2D eigenvalue weighted by molar-refractivity contribution is -0.129. The SMILES string of the molecule is [C-]#[N+]c1ccc(-c2nc(N3CCC(N)CC3)cc(OCCCCCCC(=O)NO)c2-c2ccc(Cl)cc2)cc1F. The Morgan fingerprint density at radius 3 is 2.50 bits per heavy atom. The van der Waals surface area contributed by atoms with E-state index in [1.54, 1.807) is 23.7 Å². The number of nitrogens with two attached hydrogens (primary N) is 1. The van der Waals surface area contributed by atoms with Gasteiger partial charge in [-0.15, -0.1) is 0 Å². The van der Waals surface area contributed by atoms with Crippen LogP contribution in [0.25, 0.3) is 27.2 Å². The molecule has 8 nitrogen and oxygen atoms in total. The van der Waals surface area contributed by atoms with Gasteiger partial charge in [-0.05, 0) is 49.4 Å². The second-order valence-corrected chi connectivity index (χ2v) is 10.3. The Bertz CT molecular complexity index is 1350. The number of nitrogens with one attached hydrogen (secondary N) is 1. The van der Waals surface area contributed by atoms with E-state index >= 15 is 0 Å². The molecule has 0 radical (unpaired) electrons. The van der Waals surface area contributed by atoms with Crippen LogP contribution < -0.4 is 20.9 Å². The molecule has 0 aliphatic carbocycles. The van der Waals surface area contributed by atoms with E-state index in [0.717, 1.165) is 56.6 Å². The van der Waals surface area contributed by atoms with E-state index in [-0.39, 0.29) is 24.1 Å². The van der Waals surface area contributed by atoms with Gasteiger partial charge in [0.2, 0.25) is 11.6 Å². The van der Waals surface area contributed by atoms with E-state index in [1.165, 1.54) is 12.1 Å². The number of carbonyl (C=O) groups is 1. The number of amides is 1. The van der Waals surface area contributed by atoms with Crippen LogP contribution in [0.4, 0.5) is 15.9 Å². The largest absolute Gasteiger partial charge is 0.493 e. The Kier molecular flexibility index (Phi) is 10.3. The lowest BCUT2D eigenvalue weighted by Crippen LogP contribution is -2.40. The normalized spacial score (nSPS) is 13.6. The van der Waals surface area contributed by atoms with Gasteiger partial charge >= 0.3 is 0 Å². The van der Waals surface area contributed by atoms with Crippen molar-refractivity contribution in [1.82, 2.24) is 10.5 Å². The number of unbranched alkanes of at least 4 members (excludes halogenated alkanes) is 3. The number of halogens is 2. The highest BCUT2D eigenvalue weighted by atomic mass is 35.5. The van der Waals surface area contributed by atoms with Gasteiger partial charge in [0.25, 0.3) is 0 Å². The molecular weight excluding hydrogens is 533 g/mol. The van der Waals surface area contributed by atoms with Gasteiger partial charge in [-0.2, -0.15) is 0 Å². The van der Waals surface area contributed by atoms with Crippen LogP contribution in [0.15, 0.2) is 48.5 Å². The lowest BCUT2D eigenvalue weighted by atomic mass is 9.97. The van der Waals surface area contributed by atoms with Crippen LogP contribution in [0.1, 0.15) is 44.9 Å². The first-order valence-electron chi connectivity index (χ1n) is 13.4. The molecule has 0 bridgehead atoms. The summed E-state index contributed by atoms with van der Waals surface area (Å²) in [4.78, 5) is 21.7. The number of benzene rings is 2. The number of carbonyl (C=O) groups excluding carboxylic acids is 1. The quantitative estimate of drug-likeness (QED) is 0.106. The predicted molar refractivity (Wildman–Crippen MR) is 154 cm³/mol. The molecule has 4 N–H and O–H groups in total. The summed E-state index contributed by atoms with van der Waals surface area (Å²) in [6.07, 6.45) is 5.08. The van der Waals surface area contributed by atoms with Crippen molar-refractivity contribution in [2.75, 3.05) is 24.6 Å². The minimum absolute atomic E-state index is 0.0501. The predicted octanol–water partition coefficient (Wildman–Crippen LogP) is 6.52. The summed E-state index contributed by atoms with van der Waals surface area (Å²) in [5, 5.41) is 9.22. The number of ether oxygens (including phenoxy) is 1. The maximum absolute atomic E-state index is 14.8. The Hall–Kier alpha value is -3.71. The summed E-state index contributed by atoms with van der Waals surface area (Å²) in [5.41, 5.74) is 10.4. The molecule has 1 aliphatic heterocycles.